The van der Waals surface area contributed by atoms with E-state index in [1.54, 1.807) is 0 Å². The maximum atomic E-state index is 12.2. The molecular formula is C5H9FO3S. The first-order valence-electron chi connectivity index (χ1n) is 3.12. The molecule has 1 heterocycles. The minimum absolute atomic E-state index is 0.0127. The van der Waals surface area contributed by atoms with Crippen molar-refractivity contribution < 1.29 is 17.0 Å². The van der Waals surface area contributed by atoms with Gasteiger partial charge in [0.2, 0.25) is 0 Å². The van der Waals surface area contributed by atoms with Gasteiger partial charge in [0, 0.05) is 6.61 Å². The number of hydrogen-bond acceptors (Lipinski definition) is 3. The van der Waals surface area contributed by atoms with Gasteiger partial charge in [-0.2, -0.15) is 8.42 Å². The summed E-state index contributed by atoms with van der Waals surface area (Å²) in [5, 5.41) is -0.916. The zero-order chi connectivity index (χ0) is 7.61. The van der Waals surface area contributed by atoms with E-state index < -0.39 is 15.5 Å². The Morgan fingerprint density at radius 1 is 1.50 bits per heavy atom. The van der Waals surface area contributed by atoms with Crippen LogP contribution in [0.1, 0.15) is 12.8 Å². The maximum Gasteiger partial charge on any atom is 0.307 e. The molecule has 0 radical (unpaired) electrons. The van der Waals surface area contributed by atoms with Gasteiger partial charge in [0.25, 0.3) is 0 Å². The lowest BCUT2D eigenvalue weighted by Gasteiger charge is -2.17. The van der Waals surface area contributed by atoms with Crippen molar-refractivity contribution in [2.24, 2.45) is 0 Å². The molecule has 0 aromatic carbocycles. The van der Waals surface area contributed by atoms with Crippen LogP contribution in [0.2, 0.25) is 0 Å². The van der Waals surface area contributed by atoms with Crippen molar-refractivity contribution in [2.45, 2.75) is 18.1 Å². The van der Waals surface area contributed by atoms with E-state index in [-0.39, 0.29) is 6.61 Å². The van der Waals surface area contributed by atoms with Gasteiger partial charge in [-0.05, 0) is 12.8 Å². The van der Waals surface area contributed by atoms with Gasteiger partial charge in [0.05, 0.1) is 6.61 Å². The third-order valence-corrected chi connectivity index (χ3v) is 2.68. The lowest BCUT2D eigenvalue weighted by molar-refractivity contribution is 0.0980. The molecule has 0 saturated carbocycles. The van der Waals surface area contributed by atoms with Gasteiger partial charge in [-0.15, -0.1) is 3.89 Å². The van der Waals surface area contributed by atoms with Crippen LogP contribution in [0.4, 0.5) is 3.89 Å². The summed E-state index contributed by atoms with van der Waals surface area (Å²) in [6, 6.07) is 0. The van der Waals surface area contributed by atoms with Crippen molar-refractivity contribution >= 4 is 10.2 Å². The highest BCUT2D eigenvalue weighted by Gasteiger charge is 2.26. The van der Waals surface area contributed by atoms with E-state index >= 15 is 0 Å². The van der Waals surface area contributed by atoms with E-state index in [1.165, 1.54) is 0 Å². The molecule has 0 spiro atoms. The van der Waals surface area contributed by atoms with E-state index in [4.69, 9.17) is 4.74 Å². The molecular weight excluding hydrogens is 159 g/mol. The predicted octanol–water partition coefficient (Wildman–Crippen LogP) is 0.465. The summed E-state index contributed by atoms with van der Waals surface area (Å²) in [6.45, 7) is 0.560. The normalized spacial score (nSPS) is 28.3. The minimum atomic E-state index is -4.35. The van der Waals surface area contributed by atoms with Crippen LogP contribution in [0.3, 0.4) is 0 Å². The van der Waals surface area contributed by atoms with Gasteiger partial charge in [0.15, 0.2) is 0 Å². The fraction of sp³-hybridized carbons (Fsp3) is 1.00. The zero-order valence-corrected chi connectivity index (χ0v) is 6.23. The van der Waals surface area contributed by atoms with Crippen molar-refractivity contribution in [3.63, 3.8) is 0 Å². The van der Waals surface area contributed by atoms with Gasteiger partial charge in [-0.3, -0.25) is 0 Å². The second-order valence-electron chi connectivity index (χ2n) is 2.31. The highest BCUT2D eigenvalue weighted by molar-refractivity contribution is 7.87. The van der Waals surface area contributed by atoms with Gasteiger partial charge >= 0.3 is 10.2 Å². The molecule has 1 saturated heterocycles. The van der Waals surface area contributed by atoms with Crippen molar-refractivity contribution in [1.82, 2.24) is 0 Å². The molecule has 1 atom stereocenters. The van der Waals surface area contributed by atoms with E-state index in [0.29, 0.717) is 19.4 Å². The molecule has 1 fully saturated rings. The smallest absolute Gasteiger partial charge is 0.307 e. The van der Waals surface area contributed by atoms with Crippen molar-refractivity contribution in [3.8, 4) is 0 Å². The topological polar surface area (TPSA) is 43.4 Å². The first-order valence-corrected chi connectivity index (χ1v) is 4.56. The quantitative estimate of drug-likeness (QED) is 0.534. The molecule has 5 heteroatoms. The molecule has 1 rings (SSSR count). The summed E-state index contributed by atoms with van der Waals surface area (Å²) in [5.41, 5.74) is 0. The zero-order valence-electron chi connectivity index (χ0n) is 5.42. The van der Waals surface area contributed by atoms with Crippen LogP contribution in [0.25, 0.3) is 0 Å². The van der Waals surface area contributed by atoms with Gasteiger partial charge < -0.3 is 4.74 Å². The Labute approximate surface area is 59.4 Å². The largest absolute Gasteiger partial charge is 0.380 e. The Balaban J connectivity index is 2.56. The lowest BCUT2D eigenvalue weighted by Crippen LogP contribution is -2.28. The van der Waals surface area contributed by atoms with Crippen molar-refractivity contribution in [3.05, 3.63) is 0 Å². The molecule has 0 N–H and O–H groups in total. The van der Waals surface area contributed by atoms with Gasteiger partial charge in [-0.25, -0.2) is 0 Å². The SMILES string of the molecule is O=S(=O)(F)[C@H]1CCCOC1. The average molecular weight is 168 g/mol. The van der Waals surface area contributed by atoms with Crippen LogP contribution >= 0.6 is 0 Å². The number of ether oxygens (including phenoxy) is 1. The molecule has 1 aliphatic heterocycles. The molecule has 60 valence electrons. The summed E-state index contributed by atoms with van der Waals surface area (Å²) in [5.74, 6) is 0. The van der Waals surface area contributed by atoms with Crippen LogP contribution in [-0.4, -0.2) is 26.9 Å². The summed E-state index contributed by atoms with van der Waals surface area (Å²) in [6.07, 6.45) is 1.02. The Morgan fingerprint density at radius 2 is 2.20 bits per heavy atom. The highest BCUT2D eigenvalue weighted by Crippen LogP contribution is 2.15. The van der Waals surface area contributed by atoms with E-state index in [0.717, 1.165) is 0 Å². The van der Waals surface area contributed by atoms with Crippen LogP contribution < -0.4 is 0 Å². The molecule has 0 aromatic heterocycles. The Bertz CT molecular complexity index is 193. The average Bonchev–Trinajstić information content (AvgIpc) is 1.88. The summed E-state index contributed by atoms with van der Waals surface area (Å²) in [4.78, 5) is 0. The van der Waals surface area contributed by atoms with Crippen LogP contribution in [-0.2, 0) is 15.0 Å². The summed E-state index contributed by atoms with van der Waals surface area (Å²) in [7, 11) is -4.35. The maximum absolute atomic E-state index is 12.2. The highest BCUT2D eigenvalue weighted by atomic mass is 32.3. The molecule has 0 unspecified atom stereocenters. The Morgan fingerprint density at radius 3 is 2.50 bits per heavy atom. The van der Waals surface area contributed by atoms with Crippen LogP contribution in [0, 0.1) is 0 Å². The molecule has 0 amide bonds. The number of rotatable bonds is 1. The van der Waals surface area contributed by atoms with E-state index in [2.05, 4.69) is 0 Å². The van der Waals surface area contributed by atoms with Crippen LogP contribution in [0.5, 0.6) is 0 Å². The standard InChI is InChI=1S/C5H9FO3S/c6-10(7,8)5-2-1-3-9-4-5/h5H,1-4H2/t5-/m0/s1. The lowest BCUT2D eigenvalue weighted by atomic mass is 10.2. The first kappa shape index (κ1) is 7.94. The third kappa shape index (κ3) is 1.91. The second-order valence-corrected chi connectivity index (χ2v) is 3.93. The van der Waals surface area contributed by atoms with Gasteiger partial charge in [0.1, 0.15) is 5.25 Å². The number of hydrogen-bond donors (Lipinski definition) is 0. The monoisotopic (exact) mass is 168 g/mol. The molecule has 0 bridgehead atoms. The Kier molecular flexibility index (Phi) is 2.25. The summed E-state index contributed by atoms with van der Waals surface area (Å²) >= 11 is 0. The van der Waals surface area contributed by atoms with Gasteiger partial charge in [-0.1, -0.05) is 0 Å². The minimum Gasteiger partial charge on any atom is -0.380 e. The molecule has 10 heavy (non-hydrogen) atoms. The van der Waals surface area contributed by atoms with Crippen molar-refractivity contribution in [1.29, 1.82) is 0 Å². The predicted molar refractivity (Wildman–Crippen MR) is 33.9 cm³/mol. The third-order valence-electron chi connectivity index (χ3n) is 1.52. The second kappa shape index (κ2) is 2.84. The van der Waals surface area contributed by atoms with Crippen LogP contribution in [0.15, 0.2) is 0 Å². The first-order chi connectivity index (χ1) is 4.61. The molecule has 0 aromatic rings. The fourth-order valence-corrected chi connectivity index (χ4v) is 1.64. The van der Waals surface area contributed by atoms with Crippen molar-refractivity contribution in [2.75, 3.05) is 13.2 Å². The summed E-state index contributed by atoms with van der Waals surface area (Å²) < 4.78 is 37.4. The van der Waals surface area contributed by atoms with E-state index in [9.17, 15) is 12.3 Å². The molecule has 0 aliphatic carbocycles. The number of halogens is 1. The molecule has 3 nitrogen and oxygen atoms in total. The van der Waals surface area contributed by atoms with E-state index in [1.807, 2.05) is 0 Å². The Hall–Kier alpha value is -0.160. The molecule has 1 aliphatic rings. The fourth-order valence-electron chi connectivity index (χ4n) is 0.933.